The molecule has 0 saturated carbocycles. The second kappa shape index (κ2) is 4.72. The molecule has 0 bridgehead atoms. The molecule has 0 radical (unpaired) electrons. The van der Waals surface area contributed by atoms with Crippen molar-refractivity contribution in [3.63, 3.8) is 0 Å². The Morgan fingerprint density at radius 2 is 2.20 bits per heavy atom. The number of carbonyl (C=O) groups excluding carboxylic acids is 2. The Bertz CT molecular complexity index is 368. The van der Waals surface area contributed by atoms with E-state index in [2.05, 4.69) is 10.3 Å². The molecule has 0 saturated heterocycles. The van der Waals surface area contributed by atoms with E-state index in [9.17, 15) is 9.59 Å². The van der Waals surface area contributed by atoms with Crippen LogP contribution in [0.25, 0.3) is 0 Å². The highest BCUT2D eigenvalue weighted by atomic mass is 16.3. The average molecular weight is 210 g/mol. The van der Waals surface area contributed by atoms with Crippen LogP contribution in [0.15, 0.2) is 10.8 Å². The zero-order valence-electron chi connectivity index (χ0n) is 9.03. The Morgan fingerprint density at radius 1 is 1.53 bits per heavy atom. The van der Waals surface area contributed by atoms with Gasteiger partial charge in [0.1, 0.15) is 0 Å². The molecule has 0 aliphatic carbocycles. The number of amides is 1. The first-order chi connectivity index (χ1) is 7.02. The Balaban J connectivity index is 2.51. The average Bonchev–Trinajstić information content (AvgIpc) is 2.60. The monoisotopic (exact) mass is 210 g/mol. The summed E-state index contributed by atoms with van der Waals surface area (Å²) >= 11 is 0. The molecule has 5 nitrogen and oxygen atoms in total. The number of hydrogen-bond donors (Lipinski definition) is 1. The predicted molar refractivity (Wildman–Crippen MR) is 53.4 cm³/mol. The molecule has 0 atom stereocenters. The van der Waals surface area contributed by atoms with Gasteiger partial charge in [0.25, 0.3) is 5.91 Å². The topological polar surface area (TPSA) is 72.2 Å². The number of oxazole rings is 1. The molecule has 0 spiro atoms. The maximum atomic E-state index is 11.5. The normalized spacial score (nSPS) is 10.4. The van der Waals surface area contributed by atoms with Gasteiger partial charge in [0.15, 0.2) is 12.2 Å². The van der Waals surface area contributed by atoms with Gasteiger partial charge in [-0.2, -0.15) is 0 Å². The quantitative estimate of drug-likeness (QED) is 0.802. The summed E-state index contributed by atoms with van der Waals surface area (Å²) in [5.74, 6) is -0.341. The Labute approximate surface area is 87.9 Å². The lowest BCUT2D eigenvalue weighted by atomic mass is 10.1. The molecular formula is C10H14N2O3. The van der Waals surface area contributed by atoms with Crippen molar-refractivity contribution in [2.75, 3.05) is 6.54 Å². The molecule has 5 heteroatoms. The fraction of sp³-hybridized carbons (Fsp3) is 0.500. The van der Waals surface area contributed by atoms with E-state index >= 15 is 0 Å². The van der Waals surface area contributed by atoms with Crippen molar-refractivity contribution in [1.82, 2.24) is 10.3 Å². The van der Waals surface area contributed by atoms with Crippen molar-refractivity contribution in [3.8, 4) is 0 Å². The molecule has 15 heavy (non-hydrogen) atoms. The number of ketones is 1. The third-order valence-electron chi connectivity index (χ3n) is 2.02. The van der Waals surface area contributed by atoms with Gasteiger partial charge in [0.2, 0.25) is 5.76 Å². The van der Waals surface area contributed by atoms with Crippen LogP contribution in [-0.4, -0.2) is 23.2 Å². The summed E-state index contributed by atoms with van der Waals surface area (Å²) in [6, 6.07) is 0. The second-order valence-corrected chi connectivity index (χ2v) is 3.57. The summed E-state index contributed by atoms with van der Waals surface area (Å²) in [4.78, 5) is 26.5. The molecular weight excluding hydrogens is 196 g/mol. The number of Topliss-reactive ketones (excluding diaryl/α,β-unsaturated/α-hetero) is 1. The first-order valence-electron chi connectivity index (χ1n) is 4.73. The van der Waals surface area contributed by atoms with E-state index in [0.29, 0.717) is 5.69 Å². The summed E-state index contributed by atoms with van der Waals surface area (Å²) in [6.45, 7) is 5.27. The maximum absolute atomic E-state index is 11.5. The number of aromatic nitrogens is 1. The number of aryl methyl sites for hydroxylation is 1. The smallest absolute Gasteiger partial charge is 0.289 e. The molecule has 1 rings (SSSR count). The largest absolute Gasteiger partial charge is 0.438 e. The van der Waals surface area contributed by atoms with Crippen LogP contribution in [0.4, 0.5) is 0 Å². The first-order valence-corrected chi connectivity index (χ1v) is 4.73. The Hall–Kier alpha value is -1.65. The highest BCUT2D eigenvalue weighted by molar-refractivity contribution is 5.95. The molecule has 1 aromatic rings. The van der Waals surface area contributed by atoms with Crippen LogP contribution in [0.5, 0.6) is 0 Å². The zero-order valence-corrected chi connectivity index (χ0v) is 9.03. The number of nitrogens with one attached hydrogen (secondary N) is 1. The van der Waals surface area contributed by atoms with Gasteiger partial charge in [0, 0.05) is 5.92 Å². The zero-order chi connectivity index (χ0) is 11.4. The Kier molecular flexibility index (Phi) is 3.60. The van der Waals surface area contributed by atoms with Crippen molar-refractivity contribution < 1.29 is 14.0 Å². The summed E-state index contributed by atoms with van der Waals surface area (Å²) in [5.41, 5.74) is 0.518. The van der Waals surface area contributed by atoms with Crippen LogP contribution in [0.2, 0.25) is 0 Å². The third kappa shape index (κ3) is 2.90. The molecule has 0 unspecified atom stereocenters. The van der Waals surface area contributed by atoms with Crippen molar-refractivity contribution in [2.45, 2.75) is 20.8 Å². The first kappa shape index (κ1) is 11.4. The highest BCUT2D eigenvalue weighted by Gasteiger charge is 2.15. The molecule has 1 heterocycles. The van der Waals surface area contributed by atoms with Gasteiger partial charge in [-0.15, -0.1) is 0 Å². The number of carbonyl (C=O) groups is 2. The van der Waals surface area contributed by atoms with Crippen LogP contribution in [0.1, 0.15) is 30.1 Å². The van der Waals surface area contributed by atoms with Gasteiger partial charge in [-0.1, -0.05) is 13.8 Å². The molecule has 0 aliphatic rings. The lowest BCUT2D eigenvalue weighted by molar-refractivity contribution is -0.120. The van der Waals surface area contributed by atoms with Crippen LogP contribution in [0.3, 0.4) is 0 Å². The van der Waals surface area contributed by atoms with E-state index < -0.39 is 5.91 Å². The van der Waals surface area contributed by atoms with Crippen molar-refractivity contribution in [1.29, 1.82) is 0 Å². The predicted octanol–water partition coefficient (Wildman–Crippen LogP) is 0.938. The number of nitrogens with zero attached hydrogens (tertiary/aromatic N) is 1. The maximum Gasteiger partial charge on any atom is 0.289 e. The molecule has 1 aromatic heterocycles. The second-order valence-electron chi connectivity index (χ2n) is 3.57. The number of hydrogen-bond acceptors (Lipinski definition) is 4. The van der Waals surface area contributed by atoms with E-state index in [1.165, 1.54) is 6.39 Å². The van der Waals surface area contributed by atoms with Crippen LogP contribution < -0.4 is 5.32 Å². The SMILES string of the molecule is Cc1ncoc1C(=O)NCC(=O)C(C)C. The van der Waals surface area contributed by atoms with Crippen LogP contribution >= 0.6 is 0 Å². The molecule has 1 amide bonds. The lowest BCUT2D eigenvalue weighted by Crippen LogP contribution is -2.31. The summed E-state index contributed by atoms with van der Waals surface area (Å²) < 4.78 is 4.88. The van der Waals surface area contributed by atoms with E-state index in [1.54, 1.807) is 20.8 Å². The lowest BCUT2D eigenvalue weighted by Gasteiger charge is -2.04. The fourth-order valence-corrected chi connectivity index (χ4v) is 0.972. The molecule has 0 aromatic carbocycles. The van der Waals surface area contributed by atoms with E-state index in [0.717, 1.165) is 0 Å². The molecule has 82 valence electrons. The Morgan fingerprint density at radius 3 is 2.67 bits per heavy atom. The highest BCUT2D eigenvalue weighted by Crippen LogP contribution is 2.04. The summed E-state index contributed by atoms with van der Waals surface area (Å²) in [5, 5.41) is 2.48. The van der Waals surface area contributed by atoms with Crippen molar-refractivity contribution in [2.24, 2.45) is 5.92 Å². The summed E-state index contributed by atoms with van der Waals surface area (Å²) in [7, 11) is 0. The van der Waals surface area contributed by atoms with E-state index in [1.807, 2.05) is 0 Å². The minimum absolute atomic E-state index is 0.0134. The van der Waals surface area contributed by atoms with E-state index in [4.69, 9.17) is 4.42 Å². The van der Waals surface area contributed by atoms with Gasteiger partial charge in [0.05, 0.1) is 12.2 Å². The standard InChI is InChI=1S/C10H14N2O3/c1-6(2)8(13)4-11-10(14)9-7(3)12-5-15-9/h5-6H,4H2,1-3H3,(H,11,14). The fourth-order valence-electron chi connectivity index (χ4n) is 0.972. The minimum Gasteiger partial charge on any atom is -0.438 e. The summed E-state index contributed by atoms with van der Waals surface area (Å²) in [6.07, 6.45) is 1.20. The van der Waals surface area contributed by atoms with Gasteiger partial charge in [-0.05, 0) is 6.92 Å². The van der Waals surface area contributed by atoms with Gasteiger partial charge in [-0.3, -0.25) is 9.59 Å². The number of rotatable bonds is 4. The van der Waals surface area contributed by atoms with E-state index in [-0.39, 0.29) is 24.0 Å². The van der Waals surface area contributed by atoms with Gasteiger partial charge < -0.3 is 9.73 Å². The van der Waals surface area contributed by atoms with Gasteiger partial charge in [-0.25, -0.2) is 4.98 Å². The van der Waals surface area contributed by atoms with Crippen LogP contribution in [0, 0.1) is 12.8 Å². The minimum atomic E-state index is -0.404. The molecule has 1 N–H and O–H groups in total. The molecule has 0 aliphatic heterocycles. The van der Waals surface area contributed by atoms with Gasteiger partial charge >= 0.3 is 0 Å². The third-order valence-corrected chi connectivity index (χ3v) is 2.02. The van der Waals surface area contributed by atoms with Crippen LogP contribution in [-0.2, 0) is 4.79 Å². The molecule has 0 fully saturated rings. The van der Waals surface area contributed by atoms with Crippen molar-refractivity contribution in [3.05, 3.63) is 17.8 Å². The van der Waals surface area contributed by atoms with Crippen molar-refractivity contribution >= 4 is 11.7 Å².